The van der Waals surface area contributed by atoms with Gasteiger partial charge in [0.1, 0.15) is 19.0 Å². The molecule has 0 fully saturated rings. The average molecular weight is 472 g/mol. The Balaban J connectivity index is 1.46. The Bertz CT molecular complexity index is 1180. The van der Waals surface area contributed by atoms with Crippen molar-refractivity contribution in [1.82, 2.24) is 0 Å². The highest BCUT2D eigenvalue weighted by Gasteiger charge is 2.39. The van der Waals surface area contributed by atoms with Crippen LogP contribution in [0.1, 0.15) is 35.6 Å². The van der Waals surface area contributed by atoms with Crippen molar-refractivity contribution in [2.75, 3.05) is 37.1 Å². The molecule has 1 aliphatic rings. The summed E-state index contributed by atoms with van der Waals surface area (Å²) in [6.45, 7) is 4.00. The molecule has 2 atom stereocenters. The third kappa shape index (κ3) is 5.56. The lowest BCUT2D eigenvalue weighted by Crippen LogP contribution is -2.26. The lowest BCUT2D eigenvalue weighted by atomic mass is 9.91. The van der Waals surface area contributed by atoms with Crippen LogP contribution in [-0.4, -0.2) is 33.0 Å². The summed E-state index contributed by atoms with van der Waals surface area (Å²) in [5, 5.41) is 12.8. The van der Waals surface area contributed by atoms with Crippen LogP contribution in [0.3, 0.4) is 0 Å². The van der Waals surface area contributed by atoms with Crippen molar-refractivity contribution in [3.63, 3.8) is 0 Å². The number of hydrogen-bond donors (Lipinski definition) is 1. The molecule has 4 rings (SSSR count). The number of ether oxygens (including phenoxy) is 3. The van der Waals surface area contributed by atoms with Gasteiger partial charge < -0.3 is 19.1 Å². The predicted octanol–water partition coefficient (Wildman–Crippen LogP) is 5.65. The molecule has 1 aliphatic heterocycles. The summed E-state index contributed by atoms with van der Waals surface area (Å²) >= 11 is 0. The summed E-state index contributed by atoms with van der Waals surface area (Å²) in [7, 11) is 1.64. The summed E-state index contributed by atoms with van der Waals surface area (Å²) < 4.78 is 16.1. The molecule has 0 bridgehead atoms. The quantitative estimate of drug-likeness (QED) is 0.406. The first kappa shape index (κ1) is 24.1. The van der Waals surface area contributed by atoms with Crippen molar-refractivity contribution in [1.29, 1.82) is 5.26 Å². The van der Waals surface area contributed by atoms with Crippen LogP contribution in [0.5, 0.6) is 5.75 Å². The number of benzene rings is 3. The average Bonchev–Trinajstić information content (AvgIpc) is 3.21. The van der Waals surface area contributed by atoms with E-state index in [-0.39, 0.29) is 18.6 Å². The molecule has 0 saturated heterocycles. The first-order chi connectivity index (χ1) is 17.1. The zero-order chi connectivity index (χ0) is 24.6. The van der Waals surface area contributed by atoms with Gasteiger partial charge in [0.05, 0.1) is 24.6 Å². The highest BCUT2D eigenvalue weighted by molar-refractivity contribution is 5.84. The van der Waals surface area contributed by atoms with Gasteiger partial charge in [-0.05, 0) is 41.8 Å². The van der Waals surface area contributed by atoms with Crippen molar-refractivity contribution >= 4 is 17.5 Å². The van der Waals surface area contributed by atoms with Crippen molar-refractivity contribution < 1.29 is 19.0 Å². The van der Waals surface area contributed by atoms with E-state index < -0.39 is 6.09 Å². The summed E-state index contributed by atoms with van der Waals surface area (Å²) in [5.74, 6) is 0.442. The van der Waals surface area contributed by atoms with E-state index in [9.17, 15) is 10.1 Å². The molecule has 3 aromatic rings. The van der Waals surface area contributed by atoms with Gasteiger partial charge in [0.15, 0.2) is 0 Å². The fourth-order valence-electron chi connectivity index (χ4n) is 4.39. The van der Waals surface area contributed by atoms with Crippen LogP contribution >= 0.6 is 0 Å². The summed E-state index contributed by atoms with van der Waals surface area (Å²) in [5.41, 5.74) is 4.55. The van der Waals surface area contributed by atoms with Crippen LogP contribution in [0, 0.1) is 11.3 Å². The fraction of sp³-hybridized carbons (Fsp3) is 0.286. The molecule has 1 N–H and O–H groups in total. The Morgan fingerprint density at radius 1 is 1.06 bits per heavy atom. The number of methoxy groups -OCH3 is 1. The molecular weight excluding hydrogens is 442 g/mol. The normalized spacial score (nSPS) is 16.3. The highest BCUT2D eigenvalue weighted by Crippen LogP contribution is 2.49. The van der Waals surface area contributed by atoms with E-state index in [2.05, 4.69) is 23.2 Å². The number of nitrogens with zero attached hydrogens (tertiary/aromatic N) is 2. The topological polar surface area (TPSA) is 83.8 Å². The summed E-state index contributed by atoms with van der Waals surface area (Å²) in [6, 6.07) is 25.3. The maximum absolute atomic E-state index is 12.2. The highest BCUT2D eigenvalue weighted by atomic mass is 16.5. The molecule has 1 heterocycles. The van der Waals surface area contributed by atoms with Crippen molar-refractivity contribution in [3.8, 4) is 11.8 Å². The second-order valence-corrected chi connectivity index (χ2v) is 8.21. The first-order valence-electron chi connectivity index (χ1n) is 11.6. The number of nitriles is 1. The van der Waals surface area contributed by atoms with Crippen molar-refractivity contribution in [2.24, 2.45) is 0 Å². The predicted molar refractivity (Wildman–Crippen MR) is 135 cm³/mol. The number of carbonyl (C=O) groups excluding carboxylic acids is 1. The zero-order valence-electron chi connectivity index (χ0n) is 19.9. The third-order valence-corrected chi connectivity index (χ3v) is 6.05. The monoisotopic (exact) mass is 471 g/mol. The molecule has 7 heteroatoms. The molecule has 0 radical (unpaired) electrons. The number of fused-ring (bicyclic) bond motifs is 1. The molecule has 7 nitrogen and oxygen atoms in total. The maximum atomic E-state index is 12.2. The number of anilines is 2. The molecule has 0 spiro atoms. The Labute approximate surface area is 205 Å². The van der Waals surface area contributed by atoms with Gasteiger partial charge in [0.25, 0.3) is 0 Å². The van der Waals surface area contributed by atoms with Gasteiger partial charge in [-0.15, -0.1) is 0 Å². The molecule has 0 aromatic heterocycles. The molecule has 0 aliphatic carbocycles. The van der Waals surface area contributed by atoms with Gasteiger partial charge >= 0.3 is 6.09 Å². The van der Waals surface area contributed by atoms with Crippen molar-refractivity contribution in [2.45, 2.75) is 25.5 Å². The van der Waals surface area contributed by atoms with E-state index in [0.717, 1.165) is 34.7 Å². The minimum absolute atomic E-state index is 0.131. The number of rotatable bonds is 9. The molecule has 2 unspecified atom stereocenters. The van der Waals surface area contributed by atoms with E-state index in [0.29, 0.717) is 18.9 Å². The van der Waals surface area contributed by atoms with Gasteiger partial charge in [-0.2, -0.15) is 5.26 Å². The lowest BCUT2D eigenvalue weighted by molar-refractivity contribution is 0.146. The Morgan fingerprint density at radius 3 is 2.51 bits per heavy atom. The lowest BCUT2D eigenvalue weighted by Gasteiger charge is -2.28. The van der Waals surface area contributed by atoms with E-state index in [1.54, 1.807) is 7.11 Å². The number of carbonyl (C=O) groups is 1. The van der Waals surface area contributed by atoms with Crippen LogP contribution in [0.25, 0.3) is 0 Å². The second-order valence-electron chi connectivity index (χ2n) is 8.21. The first-order valence-corrected chi connectivity index (χ1v) is 11.6. The maximum Gasteiger partial charge on any atom is 0.411 e. The Kier molecular flexibility index (Phi) is 7.86. The largest absolute Gasteiger partial charge is 0.491 e. The van der Waals surface area contributed by atoms with Gasteiger partial charge in [-0.1, -0.05) is 48.5 Å². The second kappa shape index (κ2) is 11.4. The zero-order valence-corrected chi connectivity index (χ0v) is 19.9. The Hall–Kier alpha value is -4.02. The van der Waals surface area contributed by atoms with Gasteiger partial charge in [0.2, 0.25) is 0 Å². The van der Waals surface area contributed by atoms with E-state index in [1.807, 2.05) is 72.8 Å². The Morgan fingerprint density at radius 2 is 1.83 bits per heavy atom. The van der Waals surface area contributed by atoms with Crippen LogP contribution < -0.4 is 15.0 Å². The van der Waals surface area contributed by atoms with Gasteiger partial charge in [-0.3, -0.25) is 5.32 Å². The van der Waals surface area contributed by atoms with E-state index >= 15 is 0 Å². The van der Waals surface area contributed by atoms with Gasteiger partial charge in [-0.25, -0.2) is 4.79 Å². The molecule has 180 valence electrons. The molecule has 35 heavy (non-hydrogen) atoms. The fourth-order valence-corrected chi connectivity index (χ4v) is 4.39. The van der Waals surface area contributed by atoms with Crippen LogP contribution in [0.4, 0.5) is 16.2 Å². The number of hydrogen-bond acceptors (Lipinski definition) is 6. The van der Waals surface area contributed by atoms with Crippen LogP contribution in [0.15, 0.2) is 72.8 Å². The van der Waals surface area contributed by atoms with E-state index in [4.69, 9.17) is 14.2 Å². The minimum Gasteiger partial charge on any atom is -0.491 e. The number of likely N-dealkylation sites (N-methyl/N-ethyl adjacent to an activating group) is 1. The SMILES string of the molecule is CCN1c2cc(OCCOC)ccc2C(C#N)C1c1ccc(NC(=O)OCc2ccccc2)cc1. The van der Waals surface area contributed by atoms with Crippen LogP contribution in [0.2, 0.25) is 0 Å². The smallest absolute Gasteiger partial charge is 0.411 e. The third-order valence-electron chi connectivity index (χ3n) is 6.05. The van der Waals surface area contributed by atoms with Crippen LogP contribution in [-0.2, 0) is 16.1 Å². The van der Waals surface area contributed by atoms with Gasteiger partial charge in [0, 0.05) is 31.1 Å². The standard InChI is InChI=1S/C28H29N3O4/c1-3-31-26-17-23(34-16-15-33-2)13-14-24(26)25(18-29)27(31)21-9-11-22(12-10-21)30-28(32)35-19-20-7-5-4-6-8-20/h4-14,17,25,27H,3,15-16,19H2,1-2H3,(H,30,32). The molecule has 1 amide bonds. The number of nitrogens with one attached hydrogen (secondary N) is 1. The molecule has 0 saturated carbocycles. The summed E-state index contributed by atoms with van der Waals surface area (Å²) in [4.78, 5) is 14.4. The van der Waals surface area contributed by atoms with E-state index in [1.165, 1.54) is 0 Å². The molecular formula is C28H29N3O4. The van der Waals surface area contributed by atoms with Crippen molar-refractivity contribution in [3.05, 3.63) is 89.5 Å². The molecule has 3 aromatic carbocycles. The minimum atomic E-state index is -0.513. The summed E-state index contributed by atoms with van der Waals surface area (Å²) in [6.07, 6.45) is -0.513. The number of amides is 1.